The number of carbonyl (C=O) groups is 1. The molecule has 0 saturated carbocycles. The van der Waals surface area contributed by atoms with E-state index in [1.165, 1.54) is 6.92 Å². The summed E-state index contributed by atoms with van der Waals surface area (Å²) in [6.45, 7) is 1.97. The van der Waals surface area contributed by atoms with Crippen molar-refractivity contribution in [1.82, 2.24) is 0 Å². The minimum absolute atomic E-state index is 0.130. The highest BCUT2D eigenvalue weighted by atomic mass is 16.5. The molecule has 0 aromatic heterocycles. The van der Waals surface area contributed by atoms with Crippen LogP contribution in [0.1, 0.15) is 12.5 Å². The molecule has 0 aliphatic rings. The van der Waals surface area contributed by atoms with Crippen LogP contribution < -0.4 is 15.8 Å². The number of hydrogen-bond acceptors (Lipinski definition) is 3. The van der Waals surface area contributed by atoms with Gasteiger partial charge in [-0.05, 0) is 29.8 Å². The molecule has 0 fully saturated rings. The van der Waals surface area contributed by atoms with Crippen molar-refractivity contribution < 1.29 is 9.53 Å². The van der Waals surface area contributed by atoms with Crippen molar-refractivity contribution in [3.05, 3.63) is 54.1 Å². The number of anilines is 1. The first-order valence-electron chi connectivity index (χ1n) is 6.02. The third-order valence-corrected chi connectivity index (χ3v) is 2.58. The van der Waals surface area contributed by atoms with Crippen molar-refractivity contribution in [2.45, 2.75) is 13.5 Å². The second kappa shape index (κ2) is 6.02. The van der Waals surface area contributed by atoms with Gasteiger partial charge in [0.05, 0.1) is 5.69 Å². The van der Waals surface area contributed by atoms with E-state index in [4.69, 9.17) is 10.5 Å². The van der Waals surface area contributed by atoms with E-state index >= 15 is 0 Å². The SMILES string of the molecule is CC(=O)Nc1ccccc1Oc1ccc(CN)cc1. The van der Waals surface area contributed by atoms with E-state index in [0.717, 1.165) is 5.56 Å². The Labute approximate surface area is 112 Å². The van der Waals surface area contributed by atoms with Crippen molar-refractivity contribution >= 4 is 11.6 Å². The van der Waals surface area contributed by atoms with Gasteiger partial charge in [0.15, 0.2) is 5.75 Å². The summed E-state index contributed by atoms with van der Waals surface area (Å²) in [5, 5.41) is 2.73. The predicted octanol–water partition coefficient (Wildman–Crippen LogP) is 2.90. The lowest BCUT2D eigenvalue weighted by Crippen LogP contribution is -2.06. The normalized spacial score (nSPS) is 10.0. The highest BCUT2D eigenvalue weighted by molar-refractivity contribution is 5.90. The van der Waals surface area contributed by atoms with E-state index in [2.05, 4.69) is 5.32 Å². The molecule has 0 aliphatic heterocycles. The van der Waals surface area contributed by atoms with Crippen molar-refractivity contribution in [3.8, 4) is 11.5 Å². The summed E-state index contributed by atoms with van der Waals surface area (Å²) in [7, 11) is 0. The lowest BCUT2D eigenvalue weighted by atomic mass is 10.2. The molecule has 4 nitrogen and oxygen atoms in total. The van der Waals surface area contributed by atoms with Crippen LogP contribution in [0.5, 0.6) is 11.5 Å². The average Bonchev–Trinajstić information content (AvgIpc) is 2.41. The number of nitrogens with one attached hydrogen (secondary N) is 1. The first-order chi connectivity index (χ1) is 9.19. The molecule has 3 N–H and O–H groups in total. The number of benzene rings is 2. The van der Waals surface area contributed by atoms with Crippen LogP contribution in [0.15, 0.2) is 48.5 Å². The summed E-state index contributed by atoms with van der Waals surface area (Å²) in [5.41, 5.74) is 7.24. The summed E-state index contributed by atoms with van der Waals surface area (Å²) in [4.78, 5) is 11.1. The maximum absolute atomic E-state index is 11.1. The second-order valence-corrected chi connectivity index (χ2v) is 4.13. The number of hydrogen-bond donors (Lipinski definition) is 2. The third kappa shape index (κ3) is 3.56. The lowest BCUT2D eigenvalue weighted by Gasteiger charge is -2.11. The van der Waals surface area contributed by atoms with E-state index in [1.54, 1.807) is 6.07 Å². The summed E-state index contributed by atoms with van der Waals surface area (Å²) < 4.78 is 5.75. The van der Waals surface area contributed by atoms with Crippen LogP contribution in [0.2, 0.25) is 0 Å². The highest BCUT2D eigenvalue weighted by Crippen LogP contribution is 2.29. The second-order valence-electron chi connectivity index (χ2n) is 4.13. The van der Waals surface area contributed by atoms with Crippen molar-refractivity contribution in [1.29, 1.82) is 0 Å². The summed E-state index contributed by atoms with van der Waals surface area (Å²) >= 11 is 0. The van der Waals surface area contributed by atoms with Crippen LogP contribution in [0, 0.1) is 0 Å². The molecule has 0 spiro atoms. The zero-order chi connectivity index (χ0) is 13.7. The Hall–Kier alpha value is -2.33. The Balaban J connectivity index is 2.19. The van der Waals surface area contributed by atoms with Crippen LogP contribution in [-0.2, 0) is 11.3 Å². The molecular weight excluding hydrogens is 240 g/mol. The van der Waals surface area contributed by atoms with Crippen LogP contribution >= 0.6 is 0 Å². The molecular formula is C15H16N2O2. The maximum atomic E-state index is 11.1. The fourth-order valence-electron chi connectivity index (χ4n) is 1.67. The smallest absolute Gasteiger partial charge is 0.221 e. The quantitative estimate of drug-likeness (QED) is 0.884. The molecule has 0 saturated heterocycles. The number of rotatable bonds is 4. The Kier molecular flexibility index (Phi) is 4.15. The van der Waals surface area contributed by atoms with E-state index in [0.29, 0.717) is 23.7 Å². The van der Waals surface area contributed by atoms with E-state index in [1.807, 2.05) is 42.5 Å². The number of nitrogens with two attached hydrogens (primary N) is 1. The summed E-state index contributed by atoms with van der Waals surface area (Å²) in [6, 6.07) is 14.8. The molecule has 2 aromatic rings. The topological polar surface area (TPSA) is 64.3 Å². The average molecular weight is 256 g/mol. The largest absolute Gasteiger partial charge is 0.455 e. The van der Waals surface area contributed by atoms with Crippen molar-refractivity contribution in [2.75, 3.05) is 5.32 Å². The van der Waals surface area contributed by atoms with Gasteiger partial charge in [0.25, 0.3) is 0 Å². The fourth-order valence-corrected chi connectivity index (χ4v) is 1.67. The molecule has 0 bridgehead atoms. The zero-order valence-corrected chi connectivity index (χ0v) is 10.7. The Morgan fingerprint density at radius 2 is 1.84 bits per heavy atom. The number of para-hydroxylation sites is 2. The van der Waals surface area contributed by atoms with Gasteiger partial charge in [-0.25, -0.2) is 0 Å². The van der Waals surface area contributed by atoms with Gasteiger partial charge in [0, 0.05) is 13.5 Å². The van der Waals surface area contributed by atoms with Gasteiger partial charge in [-0.15, -0.1) is 0 Å². The molecule has 1 amide bonds. The third-order valence-electron chi connectivity index (χ3n) is 2.58. The fraction of sp³-hybridized carbons (Fsp3) is 0.133. The van der Waals surface area contributed by atoms with Gasteiger partial charge in [0.2, 0.25) is 5.91 Å². The molecule has 0 unspecified atom stereocenters. The first kappa shape index (κ1) is 13.1. The van der Waals surface area contributed by atoms with Crippen LogP contribution in [0.3, 0.4) is 0 Å². The molecule has 4 heteroatoms. The van der Waals surface area contributed by atoms with Crippen molar-refractivity contribution in [2.24, 2.45) is 5.73 Å². The van der Waals surface area contributed by atoms with Crippen molar-refractivity contribution in [3.63, 3.8) is 0 Å². The molecule has 0 radical (unpaired) electrons. The standard InChI is InChI=1S/C15H16N2O2/c1-11(18)17-14-4-2-3-5-15(14)19-13-8-6-12(10-16)7-9-13/h2-9H,10,16H2,1H3,(H,17,18). The lowest BCUT2D eigenvalue weighted by molar-refractivity contribution is -0.114. The monoisotopic (exact) mass is 256 g/mol. The van der Waals surface area contributed by atoms with Gasteiger partial charge in [0.1, 0.15) is 5.75 Å². The Bertz CT molecular complexity index is 565. The van der Waals surface area contributed by atoms with Gasteiger partial charge < -0.3 is 15.8 Å². The number of carbonyl (C=O) groups excluding carboxylic acids is 1. The molecule has 19 heavy (non-hydrogen) atoms. The molecule has 2 aromatic carbocycles. The van der Waals surface area contributed by atoms with Crippen LogP contribution in [-0.4, -0.2) is 5.91 Å². The zero-order valence-electron chi connectivity index (χ0n) is 10.7. The van der Waals surface area contributed by atoms with Gasteiger partial charge in [-0.1, -0.05) is 24.3 Å². The van der Waals surface area contributed by atoms with Crippen LogP contribution in [0.25, 0.3) is 0 Å². The molecule has 0 atom stereocenters. The maximum Gasteiger partial charge on any atom is 0.221 e. The van der Waals surface area contributed by atoms with E-state index in [-0.39, 0.29) is 5.91 Å². The van der Waals surface area contributed by atoms with Gasteiger partial charge >= 0.3 is 0 Å². The predicted molar refractivity (Wildman–Crippen MR) is 75.2 cm³/mol. The molecule has 98 valence electrons. The van der Waals surface area contributed by atoms with Crippen LogP contribution in [0.4, 0.5) is 5.69 Å². The summed E-state index contributed by atoms with van der Waals surface area (Å²) in [6.07, 6.45) is 0. The van der Waals surface area contributed by atoms with Gasteiger partial charge in [-0.2, -0.15) is 0 Å². The Morgan fingerprint density at radius 3 is 2.47 bits per heavy atom. The van der Waals surface area contributed by atoms with E-state index in [9.17, 15) is 4.79 Å². The molecule has 0 heterocycles. The van der Waals surface area contributed by atoms with Gasteiger partial charge in [-0.3, -0.25) is 4.79 Å². The molecule has 0 aliphatic carbocycles. The van der Waals surface area contributed by atoms with E-state index < -0.39 is 0 Å². The summed E-state index contributed by atoms with van der Waals surface area (Å²) in [5.74, 6) is 1.18. The highest BCUT2D eigenvalue weighted by Gasteiger charge is 2.05. The first-order valence-corrected chi connectivity index (χ1v) is 6.02. The molecule has 2 rings (SSSR count). The minimum Gasteiger partial charge on any atom is -0.455 e. The minimum atomic E-state index is -0.130. The number of amides is 1. The number of ether oxygens (including phenoxy) is 1. The Morgan fingerprint density at radius 1 is 1.16 bits per heavy atom.